The number of carbonyl (C=O) groups is 2. The molecule has 3 N–H and O–H groups in total. The van der Waals surface area contributed by atoms with Gasteiger partial charge in [-0.25, -0.2) is 0 Å². The van der Waals surface area contributed by atoms with Gasteiger partial charge in [0.05, 0.1) is 5.92 Å². The zero-order valence-corrected chi connectivity index (χ0v) is 17.2. The van der Waals surface area contributed by atoms with Gasteiger partial charge < -0.3 is 20.4 Å². The third-order valence-electron chi connectivity index (χ3n) is 3.84. The number of hydrogen-bond donors (Lipinski definition) is 3. The average molecular weight is 402 g/mol. The summed E-state index contributed by atoms with van der Waals surface area (Å²) in [7, 11) is 4.50. The van der Waals surface area contributed by atoms with Gasteiger partial charge >= 0.3 is 0 Å². The predicted molar refractivity (Wildman–Crippen MR) is 98.6 cm³/mol. The molecule has 1 aromatic carbocycles. The Bertz CT molecular complexity index is 582. The third-order valence-corrected chi connectivity index (χ3v) is 3.84. The van der Waals surface area contributed by atoms with Crippen molar-refractivity contribution in [1.82, 2.24) is 10.2 Å². The molecule has 1 rings (SSSR count). The third kappa shape index (κ3) is 7.75. The molecular formula is C19H30N2O4V. The normalized spacial score (nSPS) is 12.5. The van der Waals surface area contributed by atoms with Crippen LogP contribution in [0.3, 0.4) is 0 Å². The number of aliphatic hydroxyl groups excluding tert-OH is 1. The second-order valence-electron chi connectivity index (χ2n) is 5.89. The Morgan fingerprint density at radius 2 is 1.81 bits per heavy atom. The van der Waals surface area contributed by atoms with Gasteiger partial charge in [0.25, 0.3) is 0 Å². The molecule has 0 saturated carbocycles. The molecule has 1 radical (unpaired) electrons. The first-order chi connectivity index (χ1) is 12.3. The maximum Gasteiger partial charge on any atom is 0.244 e. The van der Waals surface area contributed by atoms with Gasteiger partial charge in [-0.2, -0.15) is 0 Å². The fraction of sp³-hybridized carbons (Fsp3) is 0.474. The second-order valence-corrected chi connectivity index (χ2v) is 5.89. The summed E-state index contributed by atoms with van der Waals surface area (Å²) in [5, 5.41) is 21.2. The van der Waals surface area contributed by atoms with Crippen molar-refractivity contribution in [2.24, 2.45) is 5.92 Å². The minimum Gasteiger partial charge on any atom is -0.365 e. The van der Waals surface area contributed by atoms with Crippen LogP contribution >= 0.6 is 0 Å². The molecule has 0 aliphatic rings. The molecule has 0 saturated heterocycles. The number of carbonyl (C=O) groups excluding carboxylic acids is 2. The summed E-state index contributed by atoms with van der Waals surface area (Å²) in [5.41, 5.74) is 0.942. The Hall–Kier alpha value is -1.60. The standard InChI is InChI=1S/C18H26N2O4.CH4.V/c1-5-14(12(2)18(23)24)16(21)19-15(17(22)20(3)4)11-13-9-7-6-8-10-13;;/h6-10,14-15,18,23-24H,2,5,11H2,1,3-4H3,(H,19,21);1H4;/i;1D;. The van der Waals surface area contributed by atoms with E-state index in [1.807, 2.05) is 30.3 Å². The largest absolute Gasteiger partial charge is 0.365 e. The Kier molecular flexibility index (Phi) is 11.9. The number of aliphatic hydroxyl groups is 2. The van der Waals surface area contributed by atoms with Crippen LogP contribution in [0.1, 0.15) is 27.7 Å². The summed E-state index contributed by atoms with van der Waals surface area (Å²) < 4.78 is 5.75. The topological polar surface area (TPSA) is 89.9 Å². The molecule has 2 unspecified atom stereocenters. The molecule has 0 aromatic heterocycles. The Morgan fingerprint density at radius 3 is 2.23 bits per heavy atom. The molecule has 145 valence electrons. The van der Waals surface area contributed by atoms with E-state index < -0.39 is 24.2 Å². The van der Waals surface area contributed by atoms with Gasteiger partial charge in [0.1, 0.15) is 6.04 Å². The molecule has 0 bridgehead atoms. The minimum atomic E-state index is -1.77. The van der Waals surface area contributed by atoms with Crippen LogP contribution in [0.25, 0.3) is 0 Å². The average Bonchev–Trinajstić information content (AvgIpc) is 2.63. The number of rotatable bonds is 8. The van der Waals surface area contributed by atoms with Crippen molar-refractivity contribution in [1.29, 1.82) is 0 Å². The molecule has 2 amide bonds. The van der Waals surface area contributed by atoms with Gasteiger partial charge in [-0.15, -0.1) is 0 Å². The number of likely N-dealkylation sites (N-methyl/N-ethyl adjacent to an activating group) is 1. The van der Waals surface area contributed by atoms with Crippen molar-refractivity contribution >= 4 is 11.8 Å². The molecule has 0 fully saturated rings. The monoisotopic (exact) mass is 402 g/mol. The van der Waals surface area contributed by atoms with Crippen molar-refractivity contribution in [2.45, 2.75) is 39.5 Å². The van der Waals surface area contributed by atoms with Crippen molar-refractivity contribution < 1.29 is 39.7 Å². The number of amides is 2. The maximum absolute atomic E-state index is 12.5. The van der Waals surface area contributed by atoms with Crippen molar-refractivity contribution in [3.05, 3.63) is 48.0 Å². The van der Waals surface area contributed by atoms with E-state index in [2.05, 4.69) is 11.9 Å². The first-order valence-corrected chi connectivity index (χ1v) is 7.88. The first-order valence-electron chi connectivity index (χ1n) is 8.88. The van der Waals surface area contributed by atoms with Crippen LogP contribution in [0, 0.1) is 5.92 Å². The number of benzene rings is 1. The van der Waals surface area contributed by atoms with Gasteiger partial charge in [0, 0.05) is 40.4 Å². The molecule has 0 heterocycles. The molecular weight excluding hydrogens is 371 g/mol. The Balaban J connectivity index is 0. The second kappa shape index (κ2) is 12.7. The molecule has 1 aromatic rings. The van der Waals surface area contributed by atoms with E-state index in [-0.39, 0.29) is 30.0 Å². The molecule has 0 aliphatic carbocycles. The number of hydrogen-bond acceptors (Lipinski definition) is 4. The molecule has 6 nitrogen and oxygen atoms in total. The van der Waals surface area contributed by atoms with E-state index in [4.69, 9.17) is 1.37 Å². The van der Waals surface area contributed by atoms with Crippen LogP contribution in [0.5, 0.6) is 0 Å². The van der Waals surface area contributed by atoms with Gasteiger partial charge in [-0.05, 0) is 17.6 Å². The van der Waals surface area contributed by atoms with E-state index in [1.165, 1.54) is 12.3 Å². The van der Waals surface area contributed by atoms with Crippen LogP contribution in [-0.4, -0.2) is 53.4 Å². The summed E-state index contributed by atoms with van der Waals surface area (Å²) in [6.07, 6.45) is -1.05. The summed E-state index contributed by atoms with van der Waals surface area (Å²) in [6.45, 7) is 5.31. The Labute approximate surface area is 169 Å². The van der Waals surface area contributed by atoms with Crippen LogP contribution < -0.4 is 5.32 Å². The zero-order chi connectivity index (χ0) is 20.3. The summed E-state index contributed by atoms with van der Waals surface area (Å²) in [4.78, 5) is 26.3. The van der Waals surface area contributed by atoms with E-state index in [1.54, 1.807) is 21.0 Å². The SMILES string of the molecule is C=C(C(O)O)C(CC)C(=O)NC(Cc1ccccc1)C(=O)N(C)C.[2H]C.[V]. The molecule has 0 spiro atoms. The van der Waals surface area contributed by atoms with Crippen LogP contribution in [0.15, 0.2) is 42.5 Å². The molecule has 26 heavy (non-hydrogen) atoms. The van der Waals surface area contributed by atoms with Gasteiger partial charge in [-0.1, -0.05) is 51.2 Å². The smallest absolute Gasteiger partial charge is 0.244 e. The fourth-order valence-corrected chi connectivity index (χ4v) is 2.43. The quantitative estimate of drug-likeness (QED) is 0.452. The minimum absolute atomic E-state index is 0. The van der Waals surface area contributed by atoms with Gasteiger partial charge in [-0.3, -0.25) is 9.59 Å². The van der Waals surface area contributed by atoms with Crippen molar-refractivity contribution in [2.75, 3.05) is 14.1 Å². The maximum atomic E-state index is 12.5. The van der Waals surface area contributed by atoms with Crippen LogP contribution in [0.4, 0.5) is 0 Å². The zero-order valence-electron chi connectivity index (χ0n) is 16.8. The summed E-state index contributed by atoms with van der Waals surface area (Å²) in [5.74, 6) is -1.43. The van der Waals surface area contributed by atoms with Crippen molar-refractivity contribution in [3.8, 4) is 0 Å². The summed E-state index contributed by atoms with van der Waals surface area (Å²) in [6, 6.07) is 8.66. The fourth-order valence-electron chi connectivity index (χ4n) is 2.43. The van der Waals surface area contributed by atoms with E-state index in [9.17, 15) is 19.8 Å². The molecule has 2 atom stereocenters. The van der Waals surface area contributed by atoms with Crippen molar-refractivity contribution in [3.63, 3.8) is 0 Å². The molecule has 0 aliphatic heterocycles. The van der Waals surface area contributed by atoms with Gasteiger partial charge in [0.2, 0.25) is 11.8 Å². The van der Waals surface area contributed by atoms with Gasteiger partial charge in [0.15, 0.2) is 6.29 Å². The summed E-state index contributed by atoms with van der Waals surface area (Å²) >= 11 is 0. The number of nitrogens with one attached hydrogen (secondary N) is 1. The van der Waals surface area contributed by atoms with Crippen LogP contribution in [0.2, 0.25) is 0 Å². The first kappa shape index (κ1) is 24.4. The van der Waals surface area contributed by atoms with Crippen LogP contribution in [-0.2, 0) is 34.6 Å². The predicted octanol–water partition coefficient (Wildman–Crippen LogP) is 1.33. The van der Waals surface area contributed by atoms with E-state index in [0.717, 1.165) is 5.56 Å². The Morgan fingerprint density at radius 1 is 1.27 bits per heavy atom. The van der Waals surface area contributed by atoms with E-state index in [0.29, 0.717) is 12.8 Å². The van der Waals surface area contributed by atoms with E-state index >= 15 is 0 Å². The number of nitrogens with zero attached hydrogens (tertiary/aromatic N) is 1. The molecule has 7 heteroatoms.